The number of piperazine rings is 1. The van der Waals surface area contributed by atoms with Gasteiger partial charge in [0.05, 0.1) is 5.41 Å². The Morgan fingerprint density at radius 2 is 1.95 bits per heavy atom. The van der Waals surface area contributed by atoms with Crippen molar-refractivity contribution in [1.82, 2.24) is 14.7 Å². The monoisotopic (exact) mass is 269 g/mol. The van der Waals surface area contributed by atoms with Crippen molar-refractivity contribution in [1.29, 1.82) is 0 Å². The molecule has 0 aromatic carbocycles. The van der Waals surface area contributed by atoms with Crippen LogP contribution in [0.4, 0.5) is 4.79 Å². The van der Waals surface area contributed by atoms with E-state index >= 15 is 0 Å². The van der Waals surface area contributed by atoms with E-state index in [0.717, 1.165) is 19.6 Å². The summed E-state index contributed by atoms with van der Waals surface area (Å²) in [6.07, 6.45) is 0.538. The number of aliphatic carboxylic acids is 1. The summed E-state index contributed by atoms with van der Waals surface area (Å²) in [6.45, 7) is 7.09. The van der Waals surface area contributed by atoms with Crippen molar-refractivity contribution < 1.29 is 14.7 Å². The van der Waals surface area contributed by atoms with E-state index in [1.54, 1.807) is 11.8 Å². The average Bonchev–Trinajstić information content (AvgIpc) is 2.73. The minimum atomic E-state index is -0.811. The number of likely N-dealkylation sites (N-methyl/N-ethyl adjacent to an activating group) is 1. The number of hydrogen-bond donors (Lipinski definition) is 1. The van der Waals surface area contributed by atoms with Gasteiger partial charge >= 0.3 is 12.0 Å². The van der Waals surface area contributed by atoms with Gasteiger partial charge in [-0.1, -0.05) is 0 Å². The Morgan fingerprint density at radius 1 is 1.26 bits per heavy atom. The van der Waals surface area contributed by atoms with Gasteiger partial charge in [-0.2, -0.15) is 0 Å². The second-order valence-electron chi connectivity index (χ2n) is 6.12. The van der Waals surface area contributed by atoms with Crippen LogP contribution in [0.15, 0.2) is 0 Å². The van der Waals surface area contributed by atoms with Crippen molar-refractivity contribution >= 4 is 12.0 Å². The quantitative estimate of drug-likeness (QED) is 0.754. The molecule has 0 radical (unpaired) electrons. The standard InChI is InChI=1S/C13H23N3O3/c1-10-8-14(3)6-7-16(10)12(19)15-5-4-13(2,9-15)11(17)18/h10H,4-9H2,1-3H3,(H,17,18). The maximum absolute atomic E-state index is 12.5. The summed E-state index contributed by atoms with van der Waals surface area (Å²) < 4.78 is 0. The van der Waals surface area contributed by atoms with Crippen molar-refractivity contribution in [2.24, 2.45) is 5.41 Å². The predicted molar refractivity (Wildman–Crippen MR) is 71.0 cm³/mol. The first-order valence-corrected chi connectivity index (χ1v) is 6.81. The SMILES string of the molecule is CC1CN(C)CCN1C(=O)N1CCC(C)(C(=O)O)C1. The lowest BCUT2D eigenvalue weighted by atomic mass is 9.90. The summed E-state index contributed by atoms with van der Waals surface area (Å²) in [5.41, 5.74) is -0.786. The highest BCUT2D eigenvalue weighted by Crippen LogP contribution is 2.31. The van der Waals surface area contributed by atoms with E-state index in [2.05, 4.69) is 11.9 Å². The fraction of sp³-hybridized carbons (Fsp3) is 0.846. The van der Waals surface area contributed by atoms with Crippen LogP contribution < -0.4 is 0 Å². The Bertz CT molecular complexity index is 387. The maximum Gasteiger partial charge on any atom is 0.320 e. The molecular formula is C13H23N3O3. The molecule has 2 saturated heterocycles. The van der Waals surface area contributed by atoms with Gasteiger partial charge in [-0.15, -0.1) is 0 Å². The lowest BCUT2D eigenvalue weighted by Crippen LogP contribution is -2.56. The highest BCUT2D eigenvalue weighted by atomic mass is 16.4. The van der Waals surface area contributed by atoms with Gasteiger partial charge in [-0.05, 0) is 27.3 Å². The van der Waals surface area contributed by atoms with Crippen molar-refractivity contribution in [3.8, 4) is 0 Å². The molecule has 6 nitrogen and oxygen atoms in total. The second kappa shape index (κ2) is 5.00. The Balaban J connectivity index is 2.00. The molecule has 2 aliphatic heterocycles. The van der Waals surface area contributed by atoms with Crippen molar-refractivity contribution in [2.75, 3.05) is 39.8 Å². The van der Waals surface area contributed by atoms with Crippen LogP contribution in [0, 0.1) is 5.41 Å². The molecule has 2 rings (SSSR count). The van der Waals surface area contributed by atoms with Crippen LogP contribution in [0.1, 0.15) is 20.3 Å². The number of carbonyl (C=O) groups excluding carboxylic acids is 1. The maximum atomic E-state index is 12.5. The smallest absolute Gasteiger partial charge is 0.320 e. The Labute approximate surface area is 114 Å². The van der Waals surface area contributed by atoms with E-state index in [9.17, 15) is 14.7 Å². The topological polar surface area (TPSA) is 64.1 Å². The first-order chi connectivity index (χ1) is 8.83. The van der Waals surface area contributed by atoms with Crippen LogP contribution in [0.2, 0.25) is 0 Å². The third kappa shape index (κ3) is 2.68. The van der Waals surface area contributed by atoms with Gasteiger partial charge in [0.15, 0.2) is 0 Å². The molecule has 6 heteroatoms. The lowest BCUT2D eigenvalue weighted by molar-refractivity contribution is -0.147. The van der Waals surface area contributed by atoms with Crippen LogP contribution in [0.5, 0.6) is 0 Å². The van der Waals surface area contributed by atoms with Gasteiger partial charge in [0, 0.05) is 38.8 Å². The Hall–Kier alpha value is -1.30. The summed E-state index contributed by atoms with van der Waals surface area (Å²) in [5.74, 6) is -0.811. The third-order valence-electron chi connectivity index (χ3n) is 4.34. The summed E-state index contributed by atoms with van der Waals surface area (Å²) in [7, 11) is 2.05. The zero-order valence-corrected chi connectivity index (χ0v) is 11.9. The first-order valence-electron chi connectivity index (χ1n) is 6.81. The molecule has 19 heavy (non-hydrogen) atoms. The van der Waals surface area contributed by atoms with E-state index in [4.69, 9.17) is 0 Å². The molecule has 0 saturated carbocycles. The molecule has 0 spiro atoms. The van der Waals surface area contributed by atoms with E-state index in [1.807, 2.05) is 11.8 Å². The molecule has 2 fully saturated rings. The minimum absolute atomic E-state index is 0.00873. The summed E-state index contributed by atoms with van der Waals surface area (Å²) in [4.78, 5) is 29.5. The number of amides is 2. The molecule has 2 unspecified atom stereocenters. The summed E-state index contributed by atoms with van der Waals surface area (Å²) in [6, 6.07) is 0.175. The number of carboxylic acids is 1. The fourth-order valence-corrected chi connectivity index (χ4v) is 2.90. The molecule has 0 aromatic rings. The number of nitrogens with zero attached hydrogens (tertiary/aromatic N) is 3. The van der Waals surface area contributed by atoms with Crippen molar-refractivity contribution in [2.45, 2.75) is 26.3 Å². The van der Waals surface area contributed by atoms with Gasteiger partial charge in [0.2, 0.25) is 0 Å². The summed E-state index contributed by atoms with van der Waals surface area (Å²) >= 11 is 0. The molecular weight excluding hydrogens is 246 g/mol. The lowest BCUT2D eigenvalue weighted by Gasteiger charge is -2.40. The molecule has 2 aliphatic rings. The molecule has 2 heterocycles. The third-order valence-corrected chi connectivity index (χ3v) is 4.34. The van der Waals surface area contributed by atoms with E-state index in [1.165, 1.54) is 0 Å². The molecule has 108 valence electrons. The van der Waals surface area contributed by atoms with Crippen LogP contribution >= 0.6 is 0 Å². The second-order valence-corrected chi connectivity index (χ2v) is 6.12. The molecule has 0 aliphatic carbocycles. The van der Waals surface area contributed by atoms with E-state index < -0.39 is 11.4 Å². The van der Waals surface area contributed by atoms with Crippen molar-refractivity contribution in [3.63, 3.8) is 0 Å². The molecule has 0 bridgehead atoms. The Kier molecular flexibility index (Phi) is 3.71. The summed E-state index contributed by atoms with van der Waals surface area (Å²) in [5, 5.41) is 9.21. The van der Waals surface area contributed by atoms with Gasteiger partial charge in [-0.3, -0.25) is 4.79 Å². The molecule has 2 atom stereocenters. The van der Waals surface area contributed by atoms with Gasteiger partial charge in [0.1, 0.15) is 0 Å². The highest BCUT2D eigenvalue weighted by Gasteiger charge is 2.43. The van der Waals surface area contributed by atoms with Gasteiger partial charge in [0.25, 0.3) is 0 Å². The predicted octanol–water partition coefficient (Wildman–Crippen LogP) is 0.539. The van der Waals surface area contributed by atoms with Crippen LogP contribution in [0.25, 0.3) is 0 Å². The van der Waals surface area contributed by atoms with Gasteiger partial charge in [-0.25, -0.2) is 4.79 Å². The molecule has 2 amide bonds. The van der Waals surface area contributed by atoms with Crippen LogP contribution in [0.3, 0.4) is 0 Å². The molecule has 0 aromatic heterocycles. The minimum Gasteiger partial charge on any atom is -0.481 e. The molecule has 1 N–H and O–H groups in total. The number of urea groups is 1. The van der Waals surface area contributed by atoms with Crippen LogP contribution in [-0.4, -0.2) is 77.6 Å². The largest absolute Gasteiger partial charge is 0.481 e. The van der Waals surface area contributed by atoms with Crippen molar-refractivity contribution in [3.05, 3.63) is 0 Å². The van der Waals surface area contributed by atoms with E-state index in [0.29, 0.717) is 19.5 Å². The number of hydrogen-bond acceptors (Lipinski definition) is 3. The Morgan fingerprint density at radius 3 is 2.47 bits per heavy atom. The first kappa shape index (κ1) is 14.1. The average molecular weight is 269 g/mol. The number of carbonyl (C=O) groups is 2. The normalized spacial score (nSPS) is 32.7. The number of rotatable bonds is 1. The van der Waals surface area contributed by atoms with E-state index in [-0.39, 0.29) is 12.1 Å². The number of carboxylic acid groups (broad SMARTS) is 1. The number of likely N-dealkylation sites (tertiary alicyclic amines) is 1. The highest BCUT2D eigenvalue weighted by molar-refractivity contribution is 5.79. The van der Waals surface area contributed by atoms with Crippen LogP contribution in [-0.2, 0) is 4.79 Å². The fourth-order valence-electron chi connectivity index (χ4n) is 2.90. The zero-order valence-electron chi connectivity index (χ0n) is 11.9. The zero-order chi connectivity index (χ0) is 14.2. The van der Waals surface area contributed by atoms with Gasteiger partial charge < -0.3 is 19.8 Å².